The third-order valence-corrected chi connectivity index (χ3v) is 3.69. The molecular weight excluding hydrogens is 310 g/mol. The van der Waals surface area contributed by atoms with Crippen LogP contribution < -0.4 is 9.46 Å². The van der Waals surface area contributed by atoms with Crippen LogP contribution in [0.2, 0.25) is 0 Å². The standard InChI is InChI=1S/C14H14BrNOS/c1-17-13-7-5-11(6-8-13)10-16-18-14-4-2-3-12(15)9-14/h2-9,16H,10H2,1H3. The van der Waals surface area contributed by atoms with Gasteiger partial charge in [-0.05, 0) is 47.8 Å². The van der Waals surface area contributed by atoms with E-state index < -0.39 is 0 Å². The van der Waals surface area contributed by atoms with Gasteiger partial charge >= 0.3 is 0 Å². The van der Waals surface area contributed by atoms with Gasteiger partial charge < -0.3 is 4.74 Å². The molecule has 0 amide bonds. The maximum atomic E-state index is 5.13. The van der Waals surface area contributed by atoms with E-state index in [9.17, 15) is 0 Å². The molecule has 0 unspecified atom stereocenters. The van der Waals surface area contributed by atoms with Crippen molar-refractivity contribution >= 4 is 27.9 Å². The molecule has 0 spiro atoms. The number of rotatable bonds is 5. The Labute approximate surface area is 120 Å². The van der Waals surface area contributed by atoms with Gasteiger partial charge in [0.25, 0.3) is 0 Å². The predicted molar refractivity (Wildman–Crippen MR) is 79.8 cm³/mol. The molecule has 0 saturated heterocycles. The highest BCUT2D eigenvalue weighted by Gasteiger charge is 1.97. The van der Waals surface area contributed by atoms with Crippen molar-refractivity contribution in [2.75, 3.05) is 7.11 Å². The van der Waals surface area contributed by atoms with Gasteiger partial charge in [-0.1, -0.05) is 34.1 Å². The van der Waals surface area contributed by atoms with Crippen LogP contribution in [0.1, 0.15) is 5.56 Å². The molecule has 0 heterocycles. The van der Waals surface area contributed by atoms with Crippen LogP contribution in [0.25, 0.3) is 0 Å². The second kappa shape index (κ2) is 6.83. The first-order valence-electron chi connectivity index (χ1n) is 5.56. The monoisotopic (exact) mass is 323 g/mol. The Balaban J connectivity index is 1.84. The number of ether oxygens (including phenoxy) is 1. The lowest BCUT2D eigenvalue weighted by Gasteiger charge is -2.05. The SMILES string of the molecule is COc1ccc(CNSc2cccc(Br)c2)cc1. The van der Waals surface area contributed by atoms with E-state index in [0.717, 1.165) is 16.8 Å². The Morgan fingerprint density at radius 1 is 1.17 bits per heavy atom. The molecule has 2 aromatic rings. The van der Waals surface area contributed by atoms with Crippen molar-refractivity contribution in [3.05, 3.63) is 58.6 Å². The topological polar surface area (TPSA) is 21.3 Å². The van der Waals surface area contributed by atoms with Gasteiger partial charge in [0.05, 0.1) is 7.11 Å². The average molecular weight is 324 g/mol. The van der Waals surface area contributed by atoms with Crippen molar-refractivity contribution in [1.82, 2.24) is 4.72 Å². The zero-order chi connectivity index (χ0) is 12.8. The molecule has 0 atom stereocenters. The molecule has 2 aromatic carbocycles. The van der Waals surface area contributed by atoms with Crippen LogP contribution in [-0.4, -0.2) is 7.11 Å². The van der Waals surface area contributed by atoms with Gasteiger partial charge in [-0.15, -0.1) is 0 Å². The van der Waals surface area contributed by atoms with E-state index in [1.807, 2.05) is 24.3 Å². The van der Waals surface area contributed by atoms with E-state index in [2.05, 4.69) is 44.9 Å². The zero-order valence-electron chi connectivity index (χ0n) is 10.0. The maximum absolute atomic E-state index is 5.13. The highest BCUT2D eigenvalue weighted by Crippen LogP contribution is 2.20. The van der Waals surface area contributed by atoms with Crippen LogP contribution in [0, 0.1) is 0 Å². The Hall–Kier alpha value is -0.970. The van der Waals surface area contributed by atoms with Crippen LogP contribution in [-0.2, 0) is 6.54 Å². The number of nitrogens with one attached hydrogen (secondary N) is 1. The third-order valence-electron chi connectivity index (χ3n) is 2.42. The summed E-state index contributed by atoms with van der Waals surface area (Å²) in [6, 6.07) is 16.3. The van der Waals surface area contributed by atoms with E-state index in [1.54, 1.807) is 19.1 Å². The lowest BCUT2D eigenvalue weighted by molar-refractivity contribution is 0.414. The molecule has 0 aliphatic rings. The predicted octanol–water partition coefficient (Wildman–Crippen LogP) is 4.25. The molecule has 2 rings (SSSR count). The first-order valence-corrected chi connectivity index (χ1v) is 7.17. The maximum Gasteiger partial charge on any atom is 0.118 e. The molecule has 0 aliphatic carbocycles. The lowest BCUT2D eigenvalue weighted by Crippen LogP contribution is -2.02. The Kier molecular flexibility index (Phi) is 5.11. The normalized spacial score (nSPS) is 10.3. The third kappa shape index (κ3) is 4.05. The molecule has 0 radical (unpaired) electrons. The van der Waals surface area contributed by atoms with Crippen LogP contribution in [0.4, 0.5) is 0 Å². The first-order chi connectivity index (χ1) is 8.78. The number of benzene rings is 2. The minimum atomic E-state index is 0.821. The van der Waals surface area contributed by atoms with Crippen molar-refractivity contribution < 1.29 is 4.74 Å². The number of hydrogen-bond acceptors (Lipinski definition) is 3. The van der Waals surface area contributed by atoms with Crippen molar-refractivity contribution in [3.63, 3.8) is 0 Å². The average Bonchev–Trinajstić information content (AvgIpc) is 2.40. The summed E-state index contributed by atoms with van der Waals surface area (Å²) in [5, 5.41) is 0. The number of halogens is 1. The van der Waals surface area contributed by atoms with Gasteiger partial charge in [0, 0.05) is 15.9 Å². The lowest BCUT2D eigenvalue weighted by atomic mass is 10.2. The summed E-state index contributed by atoms with van der Waals surface area (Å²) in [7, 11) is 1.68. The first kappa shape index (κ1) is 13.5. The molecule has 18 heavy (non-hydrogen) atoms. The molecule has 0 aliphatic heterocycles. The van der Waals surface area contributed by atoms with Gasteiger partial charge in [0.15, 0.2) is 0 Å². The fourth-order valence-corrected chi connectivity index (χ4v) is 2.77. The summed E-state index contributed by atoms with van der Waals surface area (Å²) in [5.74, 6) is 0.887. The smallest absolute Gasteiger partial charge is 0.118 e. The second-order valence-corrected chi connectivity index (χ2v) is 5.61. The van der Waals surface area contributed by atoms with Crippen molar-refractivity contribution in [1.29, 1.82) is 0 Å². The van der Waals surface area contributed by atoms with E-state index in [-0.39, 0.29) is 0 Å². The Morgan fingerprint density at radius 2 is 1.94 bits per heavy atom. The van der Waals surface area contributed by atoms with Crippen molar-refractivity contribution in [3.8, 4) is 5.75 Å². The summed E-state index contributed by atoms with van der Waals surface area (Å²) in [5.41, 5.74) is 1.23. The zero-order valence-corrected chi connectivity index (χ0v) is 12.4. The fourth-order valence-electron chi connectivity index (χ4n) is 1.48. The molecule has 0 fully saturated rings. The largest absolute Gasteiger partial charge is 0.497 e. The highest BCUT2D eigenvalue weighted by molar-refractivity contribution is 9.10. The molecule has 0 aromatic heterocycles. The molecule has 94 valence electrons. The molecule has 0 saturated carbocycles. The summed E-state index contributed by atoms with van der Waals surface area (Å²) in [6.07, 6.45) is 0. The van der Waals surface area contributed by atoms with Gasteiger partial charge in [0.1, 0.15) is 5.75 Å². The van der Waals surface area contributed by atoms with E-state index in [0.29, 0.717) is 0 Å². The molecular formula is C14H14BrNOS. The summed E-state index contributed by atoms with van der Waals surface area (Å²) in [4.78, 5) is 1.19. The Morgan fingerprint density at radius 3 is 2.61 bits per heavy atom. The second-order valence-electron chi connectivity index (χ2n) is 3.73. The highest BCUT2D eigenvalue weighted by atomic mass is 79.9. The van der Waals surface area contributed by atoms with Gasteiger partial charge in [-0.3, -0.25) is 4.72 Å². The Bertz CT molecular complexity index is 501. The summed E-state index contributed by atoms with van der Waals surface area (Å²) < 4.78 is 9.56. The van der Waals surface area contributed by atoms with Crippen molar-refractivity contribution in [2.45, 2.75) is 11.4 Å². The quantitative estimate of drug-likeness (QED) is 0.831. The van der Waals surface area contributed by atoms with Crippen LogP contribution in [0.15, 0.2) is 57.9 Å². The van der Waals surface area contributed by atoms with Crippen molar-refractivity contribution in [2.24, 2.45) is 0 Å². The van der Waals surface area contributed by atoms with Crippen LogP contribution >= 0.6 is 27.9 Å². The van der Waals surface area contributed by atoms with E-state index in [1.165, 1.54) is 10.5 Å². The van der Waals surface area contributed by atoms with Gasteiger partial charge in [0.2, 0.25) is 0 Å². The summed E-state index contributed by atoms with van der Waals surface area (Å²) in [6.45, 7) is 0.821. The van der Waals surface area contributed by atoms with E-state index in [4.69, 9.17) is 4.74 Å². The minimum absolute atomic E-state index is 0.821. The molecule has 2 nitrogen and oxygen atoms in total. The number of methoxy groups -OCH3 is 1. The molecule has 1 N–H and O–H groups in total. The van der Waals surface area contributed by atoms with Crippen LogP contribution in [0.5, 0.6) is 5.75 Å². The minimum Gasteiger partial charge on any atom is -0.497 e. The number of hydrogen-bond donors (Lipinski definition) is 1. The molecule has 0 bridgehead atoms. The summed E-state index contributed by atoms with van der Waals surface area (Å²) >= 11 is 5.09. The fraction of sp³-hybridized carbons (Fsp3) is 0.143. The molecule has 4 heteroatoms. The van der Waals surface area contributed by atoms with Gasteiger partial charge in [-0.25, -0.2) is 0 Å². The van der Waals surface area contributed by atoms with Gasteiger partial charge in [-0.2, -0.15) is 0 Å². The van der Waals surface area contributed by atoms with Crippen LogP contribution in [0.3, 0.4) is 0 Å². The van der Waals surface area contributed by atoms with E-state index >= 15 is 0 Å².